The summed E-state index contributed by atoms with van der Waals surface area (Å²) in [5, 5.41) is 0. The standard InChI is InChI=1S/C12H19P/c1-5-11-6-8-12(9-7-11)10-13(2,3)4/h5-9,13H,1,10H2,2-4H3. The minimum absolute atomic E-state index is 0.951. The van der Waals surface area contributed by atoms with Gasteiger partial charge in [0.15, 0.2) is 0 Å². The third-order valence-corrected chi connectivity index (χ3v) is 3.42. The van der Waals surface area contributed by atoms with Crippen LogP contribution < -0.4 is 0 Å². The molecule has 0 fully saturated rings. The summed E-state index contributed by atoms with van der Waals surface area (Å²) in [6, 6.07) is 8.72. The summed E-state index contributed by atoms with van der Waals surface area (Å²) in [4.78, 5) is 0. The Morgan fingerprint density at radius 3 is 2.08 bits per heavy atom. The molecule has 0 unspecified atom stereocenters. The van der Waals surface area contributed by atoms with Crippen molar-refractivity contribution in [1.29, 1.82) is 0 Å². The van der Waals surface area contributed by atoms with Gasteiger partial charge in [0.25, 0.3) is 0 Å². The van der Waals surface area contributed by atoms with Crippen LogP contribution in [0.4, 0.5) is 0 Å². The molecule has 0 atom stereocenters. The van der Waals surface area contributed by atoms with Gasteiger partial charge in [0.1, 0.15) is 0 Å². The van der Waals surface area contributed by atoms with E-state index in [1.165, 1.54) is 17.3 Å². The van der Waals surface area contributed by atoms with Crippen LogP contribution in [-0.2, 0) is 6.16 Å². The fourth-order valence-corrected chi connectivity index (χ4v) is 2.84. The van der Waals surface area contributed by atoms with E-state index in [4.69, 9.17) is 0 Å². The zero-order valence-electron chi connectivity index (χ0n) is 8.80. The maximum atomic E-state index is 3.74. The topological polar surface area (TPSA) is 0 Å². The van der Waals surface area contributed by atoms with E-state index in [1.807, 2.05) is 6.08 Å². The Morgan fingerprint density at radius 2 is 1.69 bits per heavy atom. The third-order valence-electron chi connectivity index (χ3n) is 1.95. The zero-order valence-corrected chi connectivity index (χ0v) is 9.80. The molecule has 0 nitrogen and oxygen atoms in total. The summed E-state index contributed by atoms with van der Waals surface area (Å²) in [5.74, 6) is 0. The van der Waals surface area contributed by atoms with Crippen LogP contribution in [0, 0.1) is 0 Å². The van der Waals surface area contributed by atoms with E-state index in [-0.39, 0.29) is 0 Å². The van der Waals surface area contributed by atoms with E-state index in [2.05, 4.69) is 50.8 Å². The average molecular weight is 194 g/mol. The summed E-state index contributed by atoms with van der Waals surface area (Å²) in [7, 11) is -0.951. The van der Waals surface area contributed by atoms with Gasteiger partial charge in [-0.25, -0.2) is 0 Å². The third kappa shape index (κ3) is 3.74. The van der Waals surface area contributed by atoms with Gasteiger partial charge in [0.05, 0.1) is 0 Å². The molecule has 0 radical (unpaired) electrons. The van der Waals surface area contributed by atoms with Gasteiger partial charge in [-0.1, -0.05) is 0 Å². The van der Waals surface area contributed by atoms with Crippen LogP contribution in [0.25, 0.3) is 6.08 Å². The summed E-state index contributed by atoms with van der Waals surface area (Å²) < 4.78 is 0. The van der Waals surface area contributed by atoms with E-state index in [1.54, 1.807) is 0 Å². The van der Waals surface area contributed by atoms with Gasteiger partial charge in [0, 0.05) is 0 Å². The molecule has 0 saturated heterocycles. The molecule has 0 aliphatic carbocycles. The van der Waals surface area contributed by atoms with Crippen LogP contribution in [0.2, 0.25) is 0 Å². The number of benzene rings is 1. The van der Waals surface area contributed by atoms with Gasteiger partial charge < -0.3 is 0 Å². The van der Waals surface area contributed by atoms with Crippen molar-refractivity contribution in [2.24, 2.45) is 0 Å². The first-order valence-electron chi connectivity index (χ1n) is 4.73. The van der Waals surface area contributed by atoms with Gasteiger partial charge in [-0.3, -0.25) is 0 Å². The molecule has 1 heteroatoms. The van der Waals surface area contributed by atoms with Crippen molar-refractivity contribution in [3.63, 3.8) is 0 Å². The Hall–Kier alpha value is -0.610. The van der Waals surface area contributed by atoms with Gasteiger partial charge >= 0.3 is 81.5 Å². The predicted molar refractivity (Wildman–Crippen MR) is 66.3 cm³/mol. The second-order valence-electron chi connectivity index (χ2n) is 4.68. The van der Waals surface area contributed by atoms with Crippen LogP contribution in [0.15, 0.2) is 30.8 Å². The number of rotatable bonds is 3. The van der Waals surface area contributed by atoms with Crippen LogP contribution >= 0.6 is 7.26 Å². The Kier molecular flexibility index (Phi) is 3.27. The molecule has 13 heavy (non-hydrogen) atoms. The average Bonchev–Trinajstić information content (AvgIpc) is 2.03. The predicted octanol–water partition coefficient (Wildman–Crippen LogP) is 3.47. The quantitative estimate of drug-likeness (QED) is 0.646. The molecule has 0 heterocycles. The van der Waals surface area contributed by atoms with Crippen LogP contribution in [0.3, 0.4) is 0 Å². The first-order valence-corrected chi connectivity index (χ1v) is 8.43. The molecule has 1 rings (SSSR count). The van der Waals surface area contributed by atoms with Gasteiger partial charge in [-0.05, 0) is 0 Å². The van der Waals surface area contributed by atoms with Crippen molar-refractivity contribution in [3.8, 4) is 0 Å². The maximum absolute atomic E-state index is 3.74. The van der Waals surface area contributed by atoms with E-state index in [0.29, 0.717) is 0 Å². The molecule has 0 spiro atoms. The molecule has 1 aromatic carbocycles. The van der Waals surface area contributed by atoms with Crippen molar-refractivity contribution in [1.82, 2.24) is 0 Å². The number of hydrogen-bond donors (Lipinski definition) is 0. The van der Waals surface area contributed by atoms with E-state index in [9.17, 15) is 0 Å². The Balaban J connectivity index is 2.75. The molecule has 0 bridgehead atoms. The van der Waals surface area contributed by atoms with Crippen molar-refractivity contribution in [3.05, 3.63) is 42.0 Å². The molecule has 72 valence electrons. The van der Waals surface area contributed by atoms with Gasteiger partial charge in [-0.2, -0.15) is 0 Å². The van der Waals surface area contributed by atoms with Crippen molar-refractivity contribution >= 4 is 13.3 Å². The van der Waals surface area contributed by atoms with Crippen LogP contribution in [0.1, 0.15) is 11.1 Å². The molecule has 0 aliphatic rings. The van der Waals surface area contributed by atoms with Gasteiger partial charge in [0.2, 0.25) is 0 Å². The summed E-state index contributed by atoms with van der Waals surface area (Å²) in [6.07, 6.45) is 3.16. The Morgan fingerprint density at radius 1 is 1.15 bits per heavy atom. The number of hydrogen-bond acceptors (Lipinski definition) is 0. The normalized spacial score (nSPS) is 12.5. The first kappa shape index (κ1) is 10.5. The first-order chi connectivity index (χ1) is 6.01. The monoisotopic (exact) mass is 194 g/mol. The fraction of sp³-hybridized carbons (Fsp3) is 0.333. The fourth-order valence-electron chi connectivity index (χ4n) is 1.38. The Labute approximate surface area is 82.0 Å². The zero-order chi connectivity index (χ0) is 9.90. The second-order valence-corrected chi connectivity index (χ2v) is 10.2. The van der Waals surface area contributed by atoms with Crippen molar-refractivity contribution < 1.29 is 0 Å². The summed E-state index contributed by atoms with van der Waals surface area (Å²) in [6.45, 7) is 10.9. The second kappa shape index (κ2) is 4.07. The molecular weight excluding hydrogens is 175 g/mol. The minimum atomic E-state index is -0.951. The molecule has 0 aromatic heterocycles. The van der Waals surface area contributed by atoms with Crippen LogP contribution in [0.5, 0.6) is 0 Å². The summed E-state index contributed by atoms with van der Waals surface area (Å²) in [5.41, 5.74) is 2.67. The van der Waals surface area contributed by atoms with Crippen molar-refractivity contribution in [2.45, 2.75) is 6.16 Å². The van der Waals surface area contributed by atoms with Crippen molar-refractivity contribution in [2.75, 3.05) is 20.0 Å². The van der Waals surface area contributed by atoms with Crippen LogP contribution in [-0.4, -0.2) is 20.0 Å². The van der Waals surface area contributed by atoms with E-state index >= 15 is 0 Å². The molecule has 1 aromatic rings. The molecule has 0 N–H and O–H groups in total. The van der Waals surface area contributed by atoms with E-state index < -0.39 is 7.26 Å². The molecular formula is C12H19P. The van der Waals surface area contributed by atoms with Gasteiger partial charge in [-0.15, -0.1) is 0 Å². The summed E-state index contributed by atoms with van der Waals surface area (Å²) >= 11 is 0. The molecule has 0 saturated carbocycles. The van der Waals surface area contributed by atoms with E-state index in [0.717, 1.165) is 0 Å². The molecule has 0 amide bonds. The molecule has 0 aliphatic heterocycles. The Bertz CT molecular complexity index is 277. The SMILES string of the molecule is C=Cc1ccc(C[PH](C)(C)C)cc1.